The van der Waals surface area contributed by atoms with Gasteiger partial charge in [0.1, 0.15) is 0 Å². The summed E-state index contributed by atoms with van der Waals surface area (Å²) < 4.78 is 17.5. The van der Waals surface area contributed by atoms with Crippen molar-refractivity contribution < 1.29 is 24.1 Å². The third-order valence-corrected chi connectivity index (χ3v) is 6.56. The molecule has 3 atom stereocenters. The van der Waals surface area contributed by atoms with Gasteiger partial charge in [-0.2, -0.15) is 0 Å². The largest absolute Gasteiger partial charge is 0.479 e. The predicted molar refractivity (Wildman–Crippen MR) is 103 cm³/mol. The number of carboxylic acids is 1. The van der Waals surface area contributed by atoms with E-state index in [-0.39, 0.29) is 0 Å². The van der Waals surface area contributed by atoms with Gasteiger partial charge in [-0.05, 0) is 57.8 Å². The molecule has 0 aromatic carbocycles. The molecule has 3 unspecified atom stereocenters. The standard InChI is InChI=1S/C21H37NO5/c1-2-25-20(21(23)24)15-16-7-9-17(10-8-16)26-13-11-22-12-14-27-19-6-4-3-5-18(19)22/h16-20H,2-15H2,1H3,(H,23,24). The predicted octanol–water partition coefficient (Wildman–Crippen LogP) is 3.09. The van der Waals surface area contributed by atoms with Crippen molar-refractivity contribution in [3.8, 4) is 0 Å². The molecule has 3 rings (SSSR count). The number of hydrogen-bond acceptors (Lipinski definition) is 5. The fraction of sp³-hybridized carbons (Fsp3) is 0.952. The van der Waals surface area contributed by atoms with Crippen molar-refractivity contribution >= 4 is 5.97 Å². The van der Waals surface area contributed by atoms with Crippen LogP contribution in [0.4, 0.5) is 0 Å². The molecule has 0 spiro atoms. The Labute approximate surface area is 163 Å². The van der Waals surface area contributed by atoms with Crippen LogP contribution in [0.5, 0.6) is 0 Å². The van der Waals surface area contributed by atoms with E-state index in [1.165, 1.54) is 25.7 Å². The van der Waals surface area contributed by atoms with Crippen LogP contribution < -0.4 is 0 Å². The Hall–Kier alpha value is -0.690. The summed E-state index contributed by atoms with van der Waals surface area (Å²) >= 11 is 0. The first-order valence-electron chi connectivity index (χ1n) is 11.0. The minimum Gasteiger partial charge on any atom is -0.479 e. The Kier molecular flexibility index (Phi) is 8.37. The monoisotopic (exact) mass is 383 g/mol. The van der Waals surface area contributed by atoms with Crippen molar-refractivity contribution in [3.63, 3.8) is 0 Å². The molecule has 156 valence electrons. The van der Waals surface area contributed by atoms with E-state index in [1.54, 1.807) is 0 Å². The van der Waals surface area contributed by atoms with Crippen LogP contribution in [-0.2, 0) is 19.0 Å². The van der Waals surface area contributed by atoms with Crippen LogP contribution in [0.15, 0.2) is 0 Å². The summed E-state index contributed by atoms with van der Waals surface area (Å²) in [6, 6.07) is 0.596. The first-order chi connectivity index (χ1) is 13.2. The van der Waals surface area contributed by atoms with Crippen LogP contribution in [0.1, 0.15) is 64.7 Å². The molecule has 0 aromatic rings. The molecule has 0 amide bonds. The normalized spacial score (nSPS) is 33.4. The highest BCUT2D eigenvalue weighted by atomic mass is 16.5. The van der Waals surface area contributed by atoms with Gasteiger partial charge in [0.05, 0.1) is 25.4 Å². The number of hydrogen-bond donors (Lipinski definition) is 1. The maximum absolute atomic E-state index is 11.3. The second-order valence-electron chi connectivity index (χ2n) is 8.33. The number of ether oxygens (including phenoxy) is 3. The van der Waals surface area contributed by atoms with Gasteiger partial charge in [-0.25, -0.2) is 4.79 Å². The highest BCUT2D eigenvalue weighted by Gasteiger charge is 2.34. The zero-order valence-electron chi connectivity index (χ0n) is 16.8. The van der Waals surface area contributed by atoms with Gasteiger partial charge in [-0.3, -0.25) is 4.90 Å². The molecule has 3 aliphatic rings. The average Bonchev–Trinajstić information content (AvgIpc) is 2.69. The van der Waals surface area contributed by atoms with E-state index in [9.17, 15) is 9.90 Å². The van der Waals surface area contributed by atoms with Crippen molar-refractivity contribution in [2.75, 3.05) is 32.9 Å². The second kappa shape index (κ2) is 10.7. The van der Waals surface area contributed by atoms with E-state index in [1.807, 2.05) is 6.92 Å². The van der Waals surface area contributed by atoms with Gasteiger partial charge < -0.3 is 19.3 Å². The number of carboxylic acid groups (broad SMARTS) is 1. The van der Waals surface area contributed by atoms with Crippen molar-refractivity contribution in [2.45, 2.75) is 89.1 Å². The first-order valence-corrected chi connectivity index (χ1v) is 11.0. The summed E-state index contributed by atoms with van der Waals surface area (Å²) in [5, 5.41) is 9.25. The van der Waals surface area contributed by atoms with Crippen molar-refractivity contribution in [2.24, 2.45) is 5.92 Å². The molecule has 6 nitrogen and oxygen atoms in total. The summed E-state index contributed by atoms with van der Waals surface area (Å²) in [7, 11) is 0. The van der Waals surface area contributed by atoms with E-state index in [4.69, 9.17) is 14.2 Å². The smallest absolute Gasteiger partial charge is 0.332 e. The van der Waals surface area contributed by atoms with E-state index < -0.39 is 12.1 Å². The quantitative estimate of drug-likeness (QED) is 0.660. The van der Waals surface area contributed by atoms with Gasteiger partial charge in [0.15, 0.2) is 6.10 Å². The van der Waals surface area contributed by atoms with Crippen LogP contribution in [0.3, 0.4) is 0 Å². The Bertz CT molecular complexity index is 450. The zero-order valence-corrected chi connectivity index (χ0v) is 16.8. The van der Waals surface area contributed by atoms with E-state index in [2.05, 4.69) is 4.90 Å². The van der Waals surface area contributed by atoms with Gasteiger partial charge in [0, 0.05) is 25.7 Å². The maximum Gasteiger partial charge on any atom is 0.332 e. The lowest BCUT2D eigenvalue weighted by Crippen LogP contribution is -2.53. The van der Waals surface area contributed by atoms with Crippen LogP contribution in [0, 0.1) is 5.92 Å². The van der Waals surface area contributed by atoms with Crippen LogP contribution in [0.2, 0.25) is 0 Å². The molecule has 3 fully saturated rings. The van der Waals surface area contributed by atoms with Crippen molar-refractivity contribution in [3.05, 3.63) is 0 Å². The molecule has 1 heterocycles. The Morgan fingerprint density at radius 2 is 1.96 bits per heavy atom. The second-order valence-corrected chi connectivity index (χ2v) is 8.33. The lowest BCUT2D eigenvalue weighted by Gasteiger charge is -2.44. The van der Waals surface area contributed by atoms with Gasteiger partial charge in [-0.15, -0.1) is 0 Å². The molecular weight excluding hydrogens is 346 g/mol. The molecule has 1 aliphatic heterocycles. The number of nitrogens with zero attached hydrogens (tertiary/aromatic N) is 1. The summed E-state index contributed by atoms with van der Waals surface area (Å²) in [6.07, 6.45) is 10.0. The zero-order chi connectivity index (χ0) is 19.1. The maximum atomic E-state index is 11.3. The fourth-order valence-corrected chi connectivity index (χ4v) is 5.07. The minimum absolute atomic E-state index is 0.333. The van der Waals surface area contributed by atoms with Gasteiger partial charge in [0.2, 0.25) is 0 Å². The van der Waals surface area contributed by atoms with Gasteiger partial charge in [-0.1, -0.05) is 12.8 Å². The molecule has 0 radical (unpaired) electrons. The number of rotatable bonds is 9. The molecule has 6 heteroatoms. The molecule has 1 N–H and O–H groups in total. The van der Waals surface area contributed by atoms with Gasteiger partial charge >= 0.3 is 5.97 Å². The first kappa shape index (κ1) is 21.0. The minimum atomic E-state index is -0.832. The lowest BCUT2D eigenvalue weighted by atomic mass is 9.84. The molecule has 0 bridgehead atoms. The molecule has 1 saturated heterocycles. The Morgan fingerprint density at radius 3 is 2.70 bits per heavy atom. The summed E-state index contributed by atoms with van der Waals surface area (Å²) in [5.74, 6) is -0.388. The number of carbonyl (C=O) groups is 1. The topological polar surface area (TPSA) is 68.2 Å². The molecule has 2 aliphatic carbocycles. The fourth-order valence-electron chi connectivity index (χ4n) is 5.07. The SMILES string of the molecule is CCOC(CC1CCC(OCCN2CCOC3CCCCC32)CC1)C(=O)O. The van der Waals surface area contributed by atoms with Crippen LogP contribution >= 0.6 is 0 Å². The average molecular weight is 384 g/mol. The Morgan fingerprint density at radius 1 is 1.19 bits per heavy atom. The molecular formula is C21H37NO5. The Balaban J connectivity index is 1.33. The van der Waals surface area contributed by atoms with Crippen molar-refractivity contribution in [1.29, 1.82) is 0 Å². The highest BCUT2D eigenvalue weighted by molar-refractivity contribution is 5.72. The number of aliphatic carboxylic acids is 1. The van der Waals surface area contributed by atoms with E-state index in [0.717, 1.165) is 52.0 Å². The van der Waals surface area contributed by atoms with E-state index in [0.29, 0.717) is 37.2 Å². The molecule has 0 aromatic heterocycles. The van der Waals surface area contributed by atoms with Crippen LogP contribution in [0.25, 0.3) is 0 Å². The highest BCUT2D eigenvalue weighted by Crippen LogP contribution is 2.31. The summed E-state index contributed by atoms with van der Waals surface area (Å²) in [5.41, 5.74) is 0. The lowest BCUT2D eigenvalue weighted by molar-refractivity contribution is -0.151. The summed E-state index contributed by atoms with van der Waals surface area (Å²) in [4.78, 5) is 13.8. The molecule has 27 heavy (non-hydrogen) atoms. The summed E-state index contributed by atoms with van der Waals surface area (Å²) in [6.45, 7) is 6.01. The third-order valence-electron chi connectivity index (χ3n) is 6.56. The number of morpholine rings is 1. The molecule has 2 saturated carbocycles. The van der Waals surface area contributed by atoms with E-state index >= 15 is 0 Å². The van der Waals surface area contributed by atoms with Gasteiger partial charge in [0.25, 0.3) is 0 Å². The third kappa shape index (κ3) is 6.14. The van der Waals surface area contributed by atoms with Crippen LogP contribution in [-0.4, -0.2) is 73.2 Å². The van der Waals surface area contributed by atoms with Crippen molar-refractivity contribution in [1.82, 2.24) is 4.90 Å². The number of fused-ring (bicyclic) bond motifs is 1.